The number of hydrogen-bond acceptors (Lipinski definition) is 17. The molecule has 8 aromatic rings. The summed E-state index contributed by atoms with van der Waals surface area (Å²) in [6.07, 6.45) is 9.06. The van der Waals surface area contributed by atoms with Gasteiger partial charge in [0.1, 0.15) is 11.5 Å². The van der Waals surface area contributed by atoms with Gasteiger partial charge in [0.05, 0.1) is 47.8 Å². The third-order valence-corrected chi connectivity index (χ3v) is 14.8. The molecule has 0 bridgehead atoms. The molecule has 6 heterocycles. The summed E-state index contributed by atoms with van der Waals surface area (Å²) in [5.41, 5.74) is 13.0. The van der Waals surface area contributed by atoms with E-state index in [-0.39, 0.29) is 62.3 Å². The number of methoxy groups -OCH3 is 2. The summed E-state index contributed by atoms with van der Waals surface area (Å²) in [5, 5.41) is 10.1. The second-order valence-corrected chi connectivity index (χ2v) is 22.0. The molecule has 2 fully saturated rings. The molecule has 1 atom stereocenters. The minimum absolute atomic E-state index is 0. The van der Waals surface area contributed by atoms with E-state index in [9.17, 15) is 33.0 Å². The fourth-order valence-electron chi connectivity index (χ4n) is 9.58. The first-order valence-electron chi connectivity index (χ1n) is 30.0. The van der Waals surface area contributed by atoms with E-state index in [2.05, 4.69) is 74.6 Å². The normalized spacial score (nSPS) is 12.5. The number of aryl methyl sites for hydroxylation is 2. The number of aromatic nitrogens is 6. The molecule has 2 aliphatic rings. The fourth-order valence-corrected chi connectivity index (χ4v) is 9.99. The van der Waals surface area contributed by atoms with Crippen LogP contribution in [0, 0.1) is 34.6 Å². The number of nitrogens with two attached hydrogens (primary N) is 1. The molecule has 23 nitrogen and oxygen atoms in total. The molecule has 10 rings (SSSR count). The van der Waals surface area contributed by atoms with Crippen LogP contribution in [0.5, 0.6) is 11.5 Å². The first-order chi connectivity index (χ1) is 44.6. The molecule has 4 amide bonds. The van der Waals surface area contributed by atoms with Crippen LogP contribution in [0.1, 0.15) is 58.6 Å². The summed E-state index contributed by atoms with van der Waals surface area (Å²) >= 11 is 0. The largest absolute Gasteiger partial charge is 3.00 e. The van der Waals surface area contributed by atoms with Crippen LogP contribution >= 0.6 is 0 Å². The van der Waals surface area contributed by atoms with Crippen LogP contribution in [-0.2, 0) is 46.5 Å². The van der Waals surface area contributed by atoms with Crippen LogP contribution in [0.3, 0.4) is 0 Å². The number of carbonyl (C=O) groups excluding carboxylic acids is 4. The van der Waals surface area contributed by atoms with Crippen molar-refractivity contribution in [1.29, 1.82) is 0 Å². The maximum Gasteiger partial charge on any atom is 3.00 e. The number of nitrogens with one attached hydrogen (secondary N) is 3. The predicted octanol–water partition coefficient (Wildman–Crippen LogP) is 9.83. The van der Waals surface area contributed by atoms with Crippen molar-refractivity contribution < 1.29 is 49.4 Å². The van der Waals surface area contributed by atoms with E-state index in [1.54, 1.807) is 103 Å². The minimum atomic E-state index is -1.38. The van der Waals surface area contributed by atoms with Gasteiger partial charge in [0.25, 0.3) is 11.1 Å². The van der Waals surface area contributed by atoms with Crippen molar-refractivity contribution in [2.75, 3.05) is 104 Å². The Balaban J connectivity index is 0.000000304. The maximum atomic E-state index is 13.2. The SMILES string of the molecule is C=CC(=O)Nc1cccc(-n2c(=O)cc(C)c3cnc(Nc4ccc(N5CCN(C(C)=O)CC5)cc4OC)nc32)c1.C=CC(=O)Nc1cccc(-n2c(=O)cc(C)c3cnc(S(C)=O)nc32)c1.COc1cc(N2CCN(C(C)=O)CC2)ccc1N.[CH2-]C.[CH2-]CC.[CH2-]CC.[Ni+3]. The third kappa shape index (κ3) is 20.6. The second-order valence-electron chi connectivity index (χ2n) is 20.7. The van der Waals surface area contributed by atoms with Gasteiger partial charge in [0.15, 0.2) is 11.3 Å². The molecule has 0 spiro atoms. The van der Waals surface area contributed by atoms with Gasteiger partial charge in [-0.3, -0.25) is 42.1 Å². The maximum absolute atomic E-state index is 13.2. The van der Waals surface area contributed by atoms with Gasteiger partial charge < -0.3 is 71.5 Å². The van der Waals surface area contributed by atoms with Crippen LogP contribution < -0.4 is 52.1 Å². The van der Waals surface area contributed by atoms with Crippen LogP contribution in [0.4, 0.5) is 40.1 Å². The van der Waals surface area contributed by atoms with Crippen molar-refractivity contribution in [2.45, 2.75) is 66.5 Å². The molecule has 4 aromatic carbocycles. The number of carbonyl (C=O) groups is 4. The monoisotopic (exact) mass is 1340 g/mol. The van der Waals surface area contributed by atoms with Gasteiger partial charge in [-0.2, -0.15) is 24.7 Å². The molecule has 0 saturated carbocycles. The van der Waals surface area contributed by atoms with Gasteiger partial charge in [-0.15, -0.1) is 0 Å². The summed E-state index contributed by atoms with van der Waals surface area (Å²) in [6.45, 7) is 35.8. The molecule has 2 saturated heterocycles. The van der Waals surface area contributed by atoms with Gasteiger partial charge in [-0.1, -0.05) is 39.1 Å². The van der Waals surface area contributed by atoms with Crippen LogP contribution in [0.25, 0.3) is 33.4 Å². The van der Waals surface area contributed by atoms with Crippen molar-refractivity contribution in [3.05, 3.63) is 187 Å². The fraction of sp³-hybridized carbons (Fsp3) is 0.290. The first kappa shape index (κ1) is 76.7. The molecule has 2 aliphatic heterocycles. The second kappa shape index (κ2) is 37.7. The Hall–Kier alpha value is -9.74. The van der Waals surface area contributed by atoms with Crippen molar-refractivity contribution in [3.63, 3.8) is 0 Å². The van der Waals surface area contributed by atoms with Crippen molar-refractivity contribution in [2.24, 2.45) is 0 Å². The zero-order valence-corrected chi connectivity index (χ0v) is 56.9. The molecule has 94 heavy (non-hydrogen) atoms. The zero-order chi connectivity index (χ0) is 68.5. The Bertz CT molecular complexity index is 4070. The average molecular weight is 1350 g/mol. The molecular formula is C69H85N14NiO9S. The molecule has 1 radical (unpaired) electrons. The smallest absolute Gasteiger partial charge is 0.495 e. The van der Waals surface area contributed by atoms with Gasteiger partial charge in [-0.25, -0.2) is 15.0 Å². The summed E-state index contributed by atoms with van der Waals surface area (Å²) < 4.78 is 25.5. The number of ether oxygens (including phenoxy) is 2. The molecule has 1 unspecified atom stereocenters. The number of amides is 4. The third-order valence-electron chi connectivity index (χ3n) is 14.1. The molecule has 5 N–H and O–H groups in total. The molecule has 25 heteroatoms. The number of nitrogen functional groups attached to an aromatic ring is 1. The van der Waals surface area contributed by atoms with Gasteiger partial charge in [-0.05, 0) is 97.8 Å². The number of anilines is 7. The first-order valence-corrected chi connectivity index (χ1v) is 31.6. The Kier molecular flexibility index (Phi) is 30.8. The van der Waals surface area contributed by atoms with Crippen LogP contribution in [-0.4, -0.2) is 140 Å². The summed E-state index contributed by atoms with van der Waals surface area (Å²) in [4.78, 5) is 97.9. The predicted molar refractivity (Wildman–Crippen MR) is 375 cm³/mol. The van der Waals surface area contributed by atoms with Gasteiger partial charge in [0.2, 0.25) is 34.7 Å². The Morgan fingerprint density at radius 3 is 1.45 bits per heavy atom. The minimum Gasteiger partial charge on any atom is -0.495 e. The number of benzene rings is 4. The number of piperazine rings is 2. The summed E-state index contributed by atoms with van der Waals surface area (Å²) in [5.74, 6) is 1.11. The average Bonchev–Trinajstić information content (AvgIpc) is 0.780. The summed E-state index contributed by atoms with van der Waals surface area (Å²) in [7, 11) is 1.83. The van der Waals surface area contributed by atoms with Gasteiger partial charge in [0, 0.05) is 143 Å². The number of nitrogens with zero attached hydrogens (tertiary/aromatic N) is 10. The van der Waals surface area contributed by atoms with Gasteiger partial charge >= 0.3 is 16.5 Å². The quantitative estimate of drug-likeness (QED) is 0.0275. The Morgan fingerprint density at radius 2 is 1.03 bits per heavy atom. The van der Waals surface area contributed by atoms with Crippen LogP contribution in [0.2, 0.25) is 0 Å². The Morgan fingerprint density at radius 1 is 0.617 bits per heavy atom. The number of rotatable bonds is 13. The Labute approximate surface area is 562 Å². The zero-order valence-electron chi connectivity index (χ0n) is 55.1. The van der Waals surface area contributed by atoms with Crippen molar-refractivity contribution in [3.8, 4) is 22.9 Å². The topological polar surface area (TPSA) is 274 Å². The molecule has 0 aliphatic carbocycles. The van der Waals surface area contributed by atoms with E-state index in [1.165, 1.54) is 33.6 Å². The van der Waals surface area contributed by atoms with E-state index >= 15 is 0 Å². The van der Waals surface area contributed by atoms with E-state index in [1.807, 2.05) is 67.0 Å². The number of pyridine rings is 2. The van der Waals surface area contributed by atoms with E-state index in [0.717, 1.165) is 80.7 Å². The van der Waals surface area contributed by atoms with Crippen molar-refractivity contribution >= 4 is 96.6 Å². The molecule has 4 aromatic heterocycles. The summed E-state index contributed by atoms with van der Waals surface area (Å²) in [6, 6.07) is 28.4. The number of hydrogen-bond donors (Lipinski definition) is 4. The van der Waals surface area contributed by atoms with E-state index < -0.39 is 10.8 Å². The van der Waals surface area contributed by atoms with E-state index in [0.29, 0.717) is 80.8 Å². The van der Waals surface area contributed by atoms with E-state index in [4.69, 9.17) is 20.2 Å². The van der Waals surface area contributed by atoms with Crippen molar-refractivity contribution in [1.82, 2.24) is 38.9 Å². The standard InChI is InChI=1S/C30H31N7O4.C18H16N4O3S.C13H19N3O2.2C3H7.C2H5.Ni/c1-5-27(39)32-21-7-6-8-23(16-21)37-28(40)15-19(2)24-18-31-30(34-29(24)37)33-25-10-9-22(17-26(25)41-4)36-13-11-35(12-14-36)20(3)38;1-4-15(23)20-12-6-5-7-13(9-12)22-16(24)8-11(2)14-10-19-18(26(3)25)21-17(14)22;1-10(17)15-5-7-16(8-6-15)11-3-4-12(14)13(9-11)18-2;2*1-3-2;1-2;/h5-10,15-18H,1,11-14H2,2-4H3,(H,32,39)(H,31,33,34);4-10H,1H2,2-3H3,(H,20,23);3-4,9H,5-8,14H2,1-2H3;2*1,3H2,2H3;1H2,2H3;/q;;;3*-1;+3. The number of fused-ring (bicyclic) bond motifs is 2. The molecule has 501 valence electrons. The molecular weight excluding hydrogens is 1260 g/mol. The van der Waals surface area contributed by atoms with Crippen LogP contribution in [0.15, 0.2) is 150 Å².